The van der Waals surface area contributed by atoms with E-state index < -0.39 is 0 Å². The molecule has 0 bridgehead atoms. The van der Waals surface area contributed by atoms with Crippen LogP contribution in [-0.2, 0) is 0 Å². The van der Waals surface area contributed by atoms with Crippen molar-refractivity contribution in [2.75, 3.05) is 13.2 Å². The number of fused-ring (bicyclic) bond motifs is 1. The summed E-state index contributed by atoms with van der Waals surface area (Å²) in [5, 5.41) is 9.53. The Morgan fingerprint density at radius 2 is 2.04 bits per heavy atom. The molecule has 6 nitrogen and oxygen atoms in total. The molecule has 3 heterocycles. The van der Waals surface area contributed by atoms with Crippen LogP contribution in [0.15, 0.2) is 48.9 Å². The Balaban J connectivity index is 1.67. The molecule has 1 aliphatic heterocycles. The molecule has 3 aromatic rings. The van der Waals surface area contributed by atoms with Gasteiger partial charge in [-0.15, -0.1) is 0 Å². The number of benzene rings is 1. The summed E-state index contributed by atoms with van der Waals surface area (Å²) in [6.07, 6.45) is 6.20. The Morgan fingerprint density at radius 3 is 2.84 bits per heavy atom. The second-order valence-corrected chi connectivity index (χ2v) is 6.35. The Kier molecular flexibility index (Phi) is 4.19. The predicted octanol–water partition coefficient (Wildman–Crippen LogP) is 2.41. The minimum Gasteiger partial charge on any atom is -0.394 e. The van der Waals surface area contributed by atoms with Crippen LogP contribution in [0, 0.1) is 0 Å². The summed E-state index contributed by atoms with van der Waals surface area (Å²) in [4.78, 5) is 23.5. The number of aromatic nitrogens is 3. The quantitative estimate of drug-likeness (QED) is 0.797. The third-order valence-electron chi connectivity index (χ3n) is 4.77. The standard InChI is InChI=1S/C19H20N4O2/c24-12-16-8-4-5-9-22(16)19(25)14-10-17-18(20-11-14)23(13-21-17)15-6-2-1-3-7-15/h1-3,6-7,10-11,13,16,24H,4-5,8-9,12H2. The number of aliphatic hydroxyl groups excluding tert-OH is 1. The molecular formula is C19H20N4O2. The van der Waals surface area contributed by atoms with E-state index in [2.05, 4.69) is 9.97 Å². The van der Waals surface area contributed by atoms with Crippen LogP contribution >= 0.6 is 0 Å². The third-order valence-corrected chi connectivity index (χ3v) is 4.77. The average Bonchev–Trinajstić information content (AvgIpc) is 3.11. The zero-order valence-corrected chi connectivity index (χ0v) is 13.9. The number of hydrogen-bond acceptors (Lipinski definition) is 4. The van der Waals surface area contributed by atoms with E-state index in [0.29, 0.717) is 17.6 Å². The van der Waals surface area contributed by atoms with Crippen molar-refractivity contribution in [3.05, 3.63) is 54.5 Å². The average molecular weight is 336 g/mol. The summed E-state index contributed by atoms with van der Waals surface area (Å²) in [6.45, 7) is 0.685. The van der Waals surface area contributed by atoms with Crippen LogP contribution in [-0.4, -0.2) is 49.6 Å². The number of likely N-dealkylation sites (tertiary alicyclic amines) is 1. The molecule has 4 rings (SSSR count). The van der Waals surface area contributed by atoms with Crippen molar-refractivity contribution < 1.29 is 9.90 Å². The number of rotatable bonds is 3. The molecule has 1 aliphatic rings. The Bertz CT molecular complexity index is 891. The molecular weight excluding hydrogens is 316 g/mol. The molecule has 0 spiro atoms. The van der Waals surface area contributed by atoms with Crippen molar-refractivity contribution in [2.24, 2.45) is 0 Å². The van der Waals surface area contributed by atoms with Crippen LogP contribution in [0.1, 0.15) is 29.6 Å². The van der Waals surface area contributed by atoms with E-state index >= 15 is 0 Å². The molecule has 25 heavy (non-hydrogen) atoms. The fourth-order valence-electron chi connectivity index (χ4n) is 3.42. The Hall–Kier alpha value is -2.73. The molecule has 1 N–H and O–H groups in total. The molecule has 1 atom stereocenters. The van der Waals surface area contributed by atoms with Gasteiger partial charge in [0, 0.05) is 18.4 Å². The summed E-state index contributed by atoms with van der Waals surface area (Å²) in [7, 11) is 0. The molecule has 0 aliphatic carbocycles. The molecule has 128 valence electrons. The predicted molar refractivity (Wildman–Crippen MR) is 94.6 cm³/mol. The molecule has 1 unspecified atom stereocenters. The van der Waals surface area contributed by atoms with Crippen molar-refractivity contribution in [3.63, 3.8) is 0 Å². The first-order chi connectivity index (χ1) is 12.3. The van der Waals surface area contributed by atoms with E-state index in [1.807, 2.05) is 34.9 Å². The lowest BCUT2D eigenvalue weighted by molar-refractivity contribution is 0.0503. The van der Waals surface area contributed by atoms with E-state index in [0.717, 1.165) is 30.6 Å². The van der Waals surface area contributed by atoms with Crippen molar-refractivity contribution in [1.82, 2.24) is 19.4 Å². The van der Waals surface area contributed by atoms with Crippen molar-refractivity contribution >= 4 is 17.1 Å². The maximum absolute atomic E-state index is 12.8. The highest BCUT2D eigenvalue weighted by atomic mass is 16.3. The Morgan fingerprint density at radius 1 is 1.20 bits per heavy atom. The fraction of sp³-hybridized carbons (Fsp3) is 0.316. The maximum Gasteiger partial charge on any atom is 0.255 e. The number of carbonyl (C=O) groups excluding carboxylic acids is 1. The van der Waals surface area contributed by atoms with Gasteiger partial charge in [0.1, 0.15) is 11.8 Å². The molecule has 0 radical (unpaired) electrons. The third kappa shape index (κ3) is 2.89. The van der Waals surface area contributed by atoms with Gasteiger partial charge in [0.05, 0.1) is 18.2 Å². The summed E-state index contributed by atoms with van der Waals surface area (Å²) in [5.41, 5.74) is 2.91. The fourth-order valence-corrected chi connectivity index (χ4v) is 3.42. The zero-order valence-electron chi connectivity index (χ0n) is 13.9. The first kappa shape index (κ1) is 15.8. The highest BCUT2D eigenvalue weighted by molar-refractivity contribution is 5.96. The number of nitrogens with zero attached hydrogens (tertiary/aromatic N) is 4. The molecule has 1 aromatic carbocycles. The maximum atomic E-state index is 12.8. The van der Waals surface area contributed by atoms with Crippen molar-refractivity contribution in [1.29, 1.82) is 0 Å². The number of pyridine rings is 1. The smallest absolute Gasteiger partial charge is 0.255 e. The molecule has 1 amide bonds. The number of hydrogen-bond donors (Lipinski definition) is 1. The van der Waals surface area contributed by atoms with Gasteiger partial charge in [0.25, 0.3) is 5.91 Å². The molecule has 0 saturated carbocycles. The number of amides is 1. The summed E-state index contributed by atoms with van der Waals surface area (Å²) in [5.74, 6) is -0.0811. The van der Waals surface area contributed by atoms with Gasteiger partial charge in [0.15, 0.2) is 5.65 Å². The van der Waals surface area contributed by atoms with Gasteiger partial charge < -0.3 is 10.0 Å². The van der Waals surface area contributed by atoms with E-state index in [9.17, 15) is 9.90 Å². The van der Waals surface area contributed by atoms with Crippen molar-refractivity contribution in [2.45, 2.75) is 25.3 Å². The topological polar surface area (TPSA) is 71.2 Å². The number of carbonyl (C=O) groups is 1. The van der Waals surface area contributed by atoms with Gasteiger partial charge in [-0.1, -0.05) is 18.2 Å². The summed E-state index contributed by atoms with van der Waals surface area (Å²) >= 11 is 0. The van der Waals surface area contributed by atoms with Gasteiger partial charge in [0.2, 0.25) is 0 Å². The Labute approximate surface area is 145 Å². The van der Waals surface area contributed by atoms with Crippen LogP contribution in [0.4, 0.5) is 0 Å². The van der Waals surface area contributed by atoms with Crippen LogP contribution in [0.2, 0.25) is 0 Å². The van der Waals surface area contributed by atoms with E-state index in [4.69, 9.17) is 0 Å². The number of aliphatic hydroxyl groups is 1. The van der Waals surface area contributed by atoms with Crippen LogP contribution in [0.5, 0.6) is 0 Å². The largest absolute Gasteiger partial charge is 0.394 e. The van der Waals surface area contributed by atoms with E-state index in [1.165, 1.54) is 0 Å². The first-order valence-electron chi connectivity index (χ1n) is 8.58. The minimum absolute atomic E-state index is 0.00401. The second-order valence-electron chi connectivity index (χ2n) is 6.35. The highest BCUT2D eigenvalue weighted by Crippen LogP contribution is 2.21. The SMILES string of the molecule is O=C(c1cnc2c(c1)ncn2-c1ccccc1)N1CCCCC1CO. The van der Waals surface area contributed by atoms with Crippen LogP contribution < -0.4 is 0 Å². The monoisotopic (exact) mass is 336 g/mol. The first-order valence-corrected chi connectivity index (χ1v) is 8.58. The molecule has 1 fully saturated rings. The lowest BCUT2D eigenvalue weighted by Crippen LogP contribution is -2.45. The normalized spacial score (nSPS) is 17.8. The van der Waals surface area contributed by atoms with Gasteiger partial charge in [-0.25, -0.2) is 9.97 Å². The summed E-state index contributed by atoms with van der Waals surface area (Å²) < 4.78 is 1.90. The lowest BCUT2D eigenvalue weighted by Gasteiger charge is -2.34. The van der Waals surface area contributed by atoms with Gasteiger partial charge in [-0.05, 0) is 37.5 Å². The van der Waals surface area contributed by atoms with Crippen LogP contribution in [0.25, 0.3) is 16.9 Å². The summed E-state index contributed by atoms with van der Waals surface area (Å²) in [6, 6.07) is 11.5. The highest BCUT2D eigenvalue weighted by Gasteiger charge is 2.27. The number of piperidine rings is 1. The van der Waals surface area contributed by atoms with Gasteiger partial charge >= 0.3 is 0 Å². The van der Waals surface area contributed by atoms with E-state index in [-0.39, 0.29) is 18.6 Å². The van der Waals surface area contributed by atoms with E-state index in [1.54, 1.807) is 23.5 Å². The zero-order chi connectivity index (χ0) is 17.2. The van der Waals surface area contributed by atoms with Gasteiger partial charge in [-0.3, -0.25) is 9.36 Å². The van der Waals surface area contributed by atoms with Crippen molar-refractivity contribution in [3.8, 4) is 5.69 Å². The lowest BCUT2D eigenvalue weighted by atomic mass is 10.0. The molecule has 6 heteroatoms. The number of imidazole rings is 1. The van der Waals surface area contributed by atoms with Crippen LogP contribution in [0.3, 0.4) is 0 Å². The number of para-hydroxylation sites is 1. The second kappa shape index (κ2) is 6.64. The molecule has 1 saturated heterocycles. The molecule has 2 aromatic heterocycles. The minimum atomic E-state index is -0.0983. The van der Waals surface area contributed by atoms with Gasteiger partial charge in [-0.2, -0.15) is 0 Å².